The van der Waals surface area contributed by atoms with Gasteiger partial charge < -0.3 is 24.8 Å². The summed E-state index contributed by atoms with van der Waals surface area (Å²) in [6.07, 6.45) is 6.88. The zero-order valence-electron chi connectivity index (χ0n) is 31.0. The molecule has 0 bridgehead atoms. The monoisotopic (exact) mass is 744 g/mol. The average molecular weight is 745 g/mol. The van der Waals surface area contributed by atoms with Gasteiger partial charge in [0.05, 0.1) is 16.9 Å². The van der Waals surface area contributed by atoms with Gasteiger partial charge in [0.25, 0.3) is 5.91 Å². The van der Waals surface area contributed by atoms with E-state index in [0.29, 0.717) is 29.7 Å². The van der Waals surface area contributed by atoms with Crippen molar-refractivity contribution in [1.29, 1.82) is 0 Å². The summed E-state index contributed by atoms with van der Waals surface area (Å²) in [5.74, 6) is 0.792. The highest BCUT2D eigenvalue weighted by molar-refractivity contribution is 7.91. The Bertz CT molecular complexity index is 1870. The fraction of sp³-hybridized carbons (Fsp3) is 0.524. The number of benzene rings is 3. The molecule has 3 aliphatic heterocycles. The second-order valence-corrected chi connectivity index (χ2v) is 17.7. The van der Waals surface area contributed by atoms with Gasteiger partial charge in [0.15, 0.2) is 0 Å². The Morgan fingerprint density at radius 1 is 0.868 bits per heavy atom. The van der Waals surface area contributed by atoms with Crippen molar-refractivity contribution in [2.24, 2.45) is 23.7 Å². The number of esters is 1. The molecule has 3 aromatic carbocycles. The number of amides is 1. The van der Waals surface area contributed by atoms with E-state index in [2.05, 4.69) is 26.1 Å². The molecule has 3 heterocycles. The number of nitrogens with zero attached hydrogens (tertiary/aromatic N) is 3. The number of hydrogen-bond donors (Lipinski definition) is 1. The van der Waals surface area contributed by atoms with Gasteiger partial charge in [0, 0.05) is 62.2 Å². The third-order valence-corrected chi connectivity index (χ3v) is 14.5. The van der Waals surface area contributed by atoms with Crippen LogP contribution in [0.25, 0.3) is 0 Å². The summed E-state index contributed by atoms with van der Waals surface area (Å²) in [5.41, 5.74) is 2.19. The number of ether oxygens (including phenoxy) is 1. The molecule has 1 aliphatic carbocycles. The lowest BCUT2D eigenvalue weighted by atomic mass is 9.56. The van der Waals surface area contributed by atoms with Gasteiger partial charge in [-0.05, 0) is 136 Å². The Balaban J connectivity index is 0.998. The third-order valence-electron chi connectivity index (χ3n) is 12.7. The molecule has 0 unspecified atom stereocenters. The van der Waals surface area contributed by atoms with E-state index in [1.54, 1.807) is 36.4 Å². The lowest BCUT2D eigenvalue weighted by Crippen LogP contribution is -2.58. The molecule has 284 valence electrons. The van der Waals surface area contributed by atoms with Crippen LogP contribution in [0.2, 0.25) is 0 Å². The maximum absolute atomic E-state index is 15.0. The smallest absolute Gasteiger partial charge is 0.305 e. The van der Waals surface area contributed by atoms with Gasteiger partial charge in [-0.2, -0.15) is 0 Å². The largest absolute Gasteiger partial charge is 0.469 e. The van der Waals surface area contributed by atoms with Crippen LogP contribution in [0, 0.1) is 29.5 Å². The van der Waals surface area contributed by atoms with Crippen LogP contribution in [0.1, 0.15) is 60.9 Å². The maximum Gasteiger partial charge on any atom is 0.305 e. The van der Waals surface area contributed by atoms with E-state index in [1.165, 1.54) is 32.7 Å². The summed E-state index contributed by atoms with van der Waals surface area (Å²) in [6.45, 7) is 7.93. The van der Waals surface area contributed by atoms with Crippen molar-refractivity contribution in [2.45, 2.75) is 60.2 Å². The highest BCUT2D eigenvalue weighted by atomic mass is 32.2. The molecule has 0 radical (unpaired) electrons. The topological polar surface area (TPSA) is 99.3 Å². The van der Waals surface area contributed by atoms with Gasteiger partial charge in [-0.3, -0.25) is 9.59 Å². The first-order valence-corrected chi connectivity index (χ1v) is 20.8. The van der Waals surface area contributed by atoms with E-state index >= 15 is 4.39 Å². The standard InChI is InChI=1S/C42H53FN4O5S/c1-44-41(49)32-8-3-11-38(23-32)53(50,51)37-15-13-36(14-16-37)47-27-30(28-47)26-45-21-17-33(18-22-45)42(29-46-19-6-20-46,34-9-5-10-35(43)25-34)39-12-4-7-31(39)24-40(48)52-2/h3,5,8-11,13-16,23,25,30-31,33,39H,4,6-7,12,17-22,24,26-29H2,1-2H3,(H,44,49)/t31-,39+,42+/m1/s1. The highest BCUT2D eigenvalue weighted by Gasteiger charge is 2.53. The molecule has 0 spiro atoms. The van der Waals surface area contributed by atoms with Crippen LogP contribution >= 0.6 is 0 Å². The van der Waals surface area contributed by atoms with Crippen LogP contribution < -0.4 is 10.2 Å². The zero-order chi connectivity index (χ0) is 37.2. The molecule has 3 saturated heterocycles. The summed E-state index contributed by atoms with van der Waals surface area (Å²) in [7, 11) is -0.773. The molecule has 1 saturated carbocycles. The molecule has 7 rings (SSSR count). The van der Waals surface area contributed by atoms with E-state index < -0.39 is 9.84 Å². The lowest BCUT2D eigenvalue weighted by molar-refractivity contribution is -0.142. The Hall–Kier alpha value is -3.80. The third kappa shape index (κ3) is 7.75. The second-order valence-electron chi connectivity index (χ2n) is 15.7. The summed E-state index contributed by atoms with van der Waals surface area (Å²) in [6, 6.07) is 20.5. The van der Waals surface area contributed by atoms with E-state index in [0.717, 1.165) is 95.7 Å². The summed E-state index contributed by atoms with van der Waals surface area (Å²) < 4.78 is 46.8. The first-order chi connectivity index (χ1) is 25.6. The summed E-state index contributed by atoms with van der Waals surface area (Å²) in [5, 5.41) is 2.54. The van der Waals surface area contributed by atoms with Gasteiger partial charge in [-0.15, -0.1) is 0 Å². The van der Waals surface area contributed by atoms with Gasteiger partial charge in [-0.1, -0.05) is 24.6 Å². The molecular weight excluding hydrogens is 692 g/mol. The predicted octanol–water partition coefficient (Wildman–Crippen LogP) is 5.79. The van der Waals surface area contributed by atoms with Crippen LogP contribution in [0.4, 0.5) is 10.1 Å². The van der Waals surface area contributed by atoms with Crippen molar-refractivity contribution < 1.29 is 27.1 Å². The number of nitrogens with one attached hydrogen (secondary N) is 1. The Morgan fingerprint density at radius 2 is 1.60 bits per heavy atom. The second kappa shape index (κ2) is 15.9. The first kappa shape index (κ1) is 37.5. The number of carbonyl (C=O) groups excluding carboxylic acids is 2. The number of piperidine rings is 1. The van der Waals surface area contributed by atoms with Crippen molar-refractivity contribution in [3.63, 3.8) is 0 Å². The Labute approximate surface area is 313 Å². The molecule has 9 nitrogen and oxygen atoms in total. The zero-order valence-corrected chi connectivity index (χ0v) is 31.8. The average Bonchev–Trinajstić information content (AvgIpc) is 3.61. The number of methoxy groups -OCH3 is 1. The molecule has 53 heavy (non-hydrogen) atoms. The Kier molecular flexibility index (Phi) is 11.2. The molecule has 4 aliphatic rings. The van der Waals surface area contributed by atoms with Crippen molar-refractivity contribution in [2.75, 3.05) is 71.4 Å². The minimum Gasteiger partial charge on any atom is -0.469 e. The van der Waals surface area contributed by atoms with Crippen molar-refractivity contribution in [3.8, 4) is 0 Å². The van der Waals surface area contributed by atoms with Crippen molar-refractivity contribution >= 4 is 27.4 Å². The SMILES string of the molecule is CNC(=O)c1cccc(S(=O)(=O)c2ccc(N3CC(CN4CCC([C@@](CN5CCC5)(c5cccc(F)c5)[C@H]5CCC[C@@H]5CC(=O)OC)CC4)C3)cc2)c1. The van der Waals surface area contributed by atoms with Gasteiger partial charge in [0.1, 0.15) is 5.82 Å². The van der Waals surface area contributed by atoms with E-state index in [-0.39, 0.29) is 38.8 Å². The normalized spacial score (nSPS) is 22.8. The van der Waals surface area contributed by atoms with Gasteiger partial charge in [-0.25, -0.2) is 12.8 Å². The quantitative estimate of drug-likeness (QED) is 0.220. The lowest BCUT2D eigenvalue weighted by Gasteiger charge is -2.54. The van der Waals surface area contributed by atoms with Crippen LogP contribution in [0.5, 0.6) is 0 Å². The molecule has 11 heteroatoms. The Morgan fingerprint density at radius 3 is 2.26 bits per heavy atom. The number of anilines is 1. The maximum atomic E-state index is 15.0. The van der Waals surface area contributed by atoms with Crippen LogP contribution in [-0.2, 0) is 24.8 Å². The number of sulfone groups is 1. The number of carbonyl (C=O) groups is 2. The fourth-order valence-corrected chi connectivity index (χ4v) is 11.2. The summed E-state index contributed by atoms with van der Waals surface area (Å²) >= 11 is 0. The molecule has 3 aromatic rings. The van der Waals surface area contributed by atoms with Gasteiger partial charge in [0.2, 0.25) is 9.84 Å². The van der Waals surface area contributed by atoms with Crippen molar-refractivity contribution in [1.82, 2.24) is 15.1 Å². The van der Waals surface area contributed by atoms with E-state index in [4.69, 9.17) is 4.74 Å². The predicted molar refractivity (Wildman–Crippen MR) is 203 cm³/mol. The van der Waals surface area contributed by atoms with Crippen LogP contribution in [-0.4, -0.2) is 96.6 Å². The minimum absolute atomic E-state index is 0.0945. The summed E-state index contributed by atoms with van der Waals surface area (Å²) in [4.78, 5) is 32.4. The van der Waals surface area contributed by atoms with Crippen LogP contribution in [0.3, 0.4) is 0 Å². The highest BCUT2D eigenvalue weighted by Crippen LogP contribution is 2.54. The number of likely N-dealkylation sites (tertiary alicyclic amines) is 2. The first-order valence-electron chi connectivity index (χ1n) is 19.3. The molecule has 1 amide bonds. The number of halogens is 1. The fourth-order valence-electron chi connectivity index (χ4n) is 9.85. The number of hydrogen-bond acceptors (Lipinski definition) is 8. The van der Waals surface area contributed by atoms with E-state index in [1.807, 2.05) is 18.2 Å². The van der Waals surface area contributed by atoms with Crippen LogP contribution in [0.15, 0.2) is 82.6 Å². The molecule has 4 fully saturated rings. The molecule has 3 atom stereocenters. The van der Waals surface area contributed by atoms with E-state index in [9.17, 15) is 18.0 Å². The molecule has 1 N–H and O–H groups in total. The van der Waals surface area contributed by atoms with Crippen molar-refractivity contribution in [3.05, 3.63) is 89.7 Å². The van der Waals surface area contributed by atoms with Gasteiger partial charge >= 0.3 is 5.97 Å². The number of rotatable bonds is 13. The minimum atomic E-state index is -3.77. The molecule has 0 aromatic heterocycles. The molecular formula is C42H53FN4O5S.